The fraction of sp³-hybridized carbons (Fsp3) is 0.562. The summed E-state index contributed by atoms with van der Waals surface area (Å²) in [6, 6.07) is 6.49. The zero-order valence-corrected chi connectivity index (χ0v) is 12.0. The number of hydrogen-bond acceptors (Lipinski definition) is 2. The lowest BCUT2D eigenvalue weighted by molar-refractivity contribution is -0.123. The zero-order valence-electron chi connectivity index (χ0n) is 12.0. The van der Waals surface area contributed by atoms with Crippen LogP contribution in [0.4, 0.5) is 4.39 Å². The van der Waals surface area contributed by atoms with Gasteiger partial charge in [-0.25, -0.2) is 4.39 Å². The van der Waals surface area contributed by atoms with Crippen LogP contribution in [0.3, 0.4) is 0 Å². The van der Waals surface area contributed by atoms with Crippen LogP contribution in [-0.4, -0.2) is 23.7 Å². The molecule has 2 rings (SSSR count). The number of halogens is 1. The standard InChI is InChI=1S/C16H22FNO2/c1-11(2)14(19)9-15(20)18-10-16(7-8-16)12-3-5-13(17)6-4-12/h3-6,11,14,19H,7-10H2,1-2H3,(H,18,20). The lowest BCUT2D eigenvalue weighted by atomic mass is 9.95. The Labute approximate surface area is 119 Å². The molecule has 1 aliphatic carbocycles. The Kier molecular flexibility index (Phi) is 4.43. The van der Waals surface area contributed by atoms with Gasteiger partial charge in [-0.2, -0.15) is 0 Å². The van der Waals surface area contributed by atoms with E-state index >= 15 is 0 Å². The minimum absolute atomic E-state index is 0.0356. The summed E-state index contributed by atoms with van der Waals surface area (Å²) in [7, 11) is 0. The van der Waals surface area contributed by atoms with E-state index < -0.39 is 6.10 Å². The quantitative estimate of drug-likeness (QED) is 0.840. The van der Waals surface area contributed by atoms with Crippen molar-refractivity contribution < 1.29 is 14.3 Å². The highest BCUT2D eigenvalue weighted by atomic mass is 19.1. The highest BCUT2D eigenvalue weighted by Gasteiger charge is 2.44. The van der Waals surface area contributed by atoms with Crippen LogP contribution in [0.2, 0.25) is 0 Å². The Morgan fingerprint density at radius 1 is 1.35 bits per heavy atom. The van der Waals surface area contributed by atoms with Crippen LogP contribution in [0.5, 0.6) is 0 Å². The number of carbonyl (C=O) groups excluding carboxylic acids is 1. The summed E-state index contributed by atoms with van der Waals surface area (Å²) >= 11 is 0. The van der Waals surface area contributed by atoms with Gasteiger partial charge in [-0.15, -0.1) is 0 Å². The van der Waals surface area contributed by atoms with E-state index in [0.29, 0.717) is 6.54 Å². The van der Waals surface area contributed by atoms with E-state index in [1.54, 1.807) is 12.1 Å². The highest BCUT2D eigenvalue weighted by Crippen LogP contribution is 2.47. The van der Waals surface area contributed by atoms with E-state index in [4.69, 9.17) is 0 Å². The van der Waals surface area contributed by atoms with Gasteiger partial charge in [0.15, 0.2) is 0 Å². The third-order valence-corrected chi connectivity index (χ3v) is 4.10. The Morgan fingerprint density at radius 3 is 2.45 bits per heavy atom. The highest BCUT2D eigenvalue weighted by molar-refractivity contribution is 5.76. The van der Waals surface area contributed by atoms with Crippen molar-refractivity contribution in [3.05, 3.63) is 35.6 Å². The largest absolute Gasteiger partial charge is 0.392 e. The Balaban J connectivity index is 1.87. The normalized spacial score (nSPS) is 17.9. The minimum atomic E-state index is -0.601. The molecule has 4 heteroatoms. The van der Waals surface area contributed by atoms with Gasteiger partial charge in [0.1, 0.15) is 5.82 Å². The van der Waals surface area contributed by atoms with Gasteiger partial charge in [-0.1, -0.05) is 26.0 Å². The number of rotatable bonds is 6. The molecule has 20 heavy (non-hydrogen) atoms. The fourth-order valence-electron chi connectivity index (χ4n) is 2.29. The summed E-state index contributed by atoms with van der Waals surface area (Å²) in [5.74, 6) is -0.291. The lowest BCUT2D eigenvalue weighted by Crippen LogP contribution is -2.35. The first kappa shape index (κ1) is 15.0. The van der Waals surface area contributed by atoms with Gasteiger partial charge in [0.25, 0.3) is 0 Å². The molecule has 0 heterocycles. The summed E-state index contributed by atoms with van der Waals surface area (Å²) in [4.78, 5) is 11.8. The van der Waals surface area contributed by atoms with Crippen molar-refractivity contribution in [2.45, 2.75) is 44.6 Å². The zero-order chi connectivity index (χ0) is 14.8. The third kappa shape index (κ3) is 3.57. The van der Waals surface area contributed by atoms with Crippen LogP contribution in [0, 0.1) is 11.7 Å². The van der Waals surface area contributed by atoms with Gasteiger partial charge >= 0.3 is 0 Å². The summed E-state index contributed by atoms with van der Waals surface area (Å²) in [5.41, 5.74) is 1.04. The molecule has 0 bridgehead atoms. The minimum Gasteiger partial charge on any atom is -0.392 e. The molecule has 110 valence electrons. The van der Waals surface area contributed by atoms with Gasteiger partial charge in [0.2, 0.25) is 5.91 Å². The molecule has 1 aromatic rings. The number of amides is 1. The molecule has 0 aromatic heterocycles. The van der Waals surface area contributed by atoms with Crippen LogP contribution in [-0.2, 0) is 10.2 Å². The molecule has 1 amide bonds. The molecule has 1 unspecified atom stereocenters. The van der Waals surface area contributed by atoms with Crippen molar-refractivity contribution in [1.29, 1.82) is 0 Å². The van der Waals surface area contributed by atoms with E-state index in [1.165, 1.54) is 12.1 Å². The molecule has 3 nitrogen and oxygen atoms in total. The Hall–Kier alpha value is -1.42. The van der Waals surface area contributed by atoms with E-state index in [2.05, 4.69) is 5.32 Å². The monoisotopic (exact) mass is 279 g/mol. The molecule has 2 N–H and O–H groups in total. The second kappa shape index (κ2) is 5.92. The van der Waals surface area contributed by atoms with E-state index in [0.717, 1.165) is 18.4 Å². The predicted molar refractivity (Wildman–Crippen MR) is 75.8 cm³/mol. The van der Waals surface area contributed by atoms with Gasteiger partial charge in [0.05, 0.1) is 12.5 Å². The molecule has 1 fully saturated rings. The molecule has 1 atom stereocenters. The van der Waals surface area contributed by atoms with Gasteiger partial charge in [-0.3, -0.25) is 4.79 Å². The molecule has 0 aliphatic heterocycles. The average molecular weight is 279 g/mol. The maximum atomic E-state index is 12.9. The van der Waals surface area contributed by atoms with Gasteiger partial charge in [-0.05, 0) is 36.5 Å². The molecule has 0 radical (unpaired) electrons. The van der Waals surface area contributed by atoms with E-state index in [9.17, 15) is 14.3 Å². The maximum Gasteiger partial charge on any atom is 0.222 e. The molecule has 0 spiro atoms. The van der Waals surface area contributed by atoms with Crippen LogP contribution in [0.1, 0.15) is 38.7 Å². The van der Waals surface area contributed by atoms with Crippen molar-refractivity contribution in [3.8, 4) is 0 Å². The SMILES string of the molecule is CC(C)C(O)CC(=O)NCC1(c2ccc(F)cc2)CC1. The average Bonchev–Trinajstić information content (AvgIpc) is 3.18. The number of hydrogen-bond donors (Lipinski definition) is 2. The first-order valence-corrected chi connectivity index (χ1v) is 7.14. The van der Waals surface area contributed by atoms with Crippen molar-refractivity contribution in [2.75, 3.05) is 6.54 Å². The summed E-state index contributed by atoms with van der Waals surface area (Å²) < 4.78 is 12.9. The van der Waals surface area contributed by atoms with E-state index in [-0.39, 0.29) is 29.5 Å². The number of aliphatic hydroxyl groups is 1. The summed E-state index contributed by atoms with van der Waals surface area (Å²) in [6.45, 7) is 4.33. The van der Waals surface area contributed by atoms with Crippen LogP contribution in [0.15, 0.2) is 24.3 Å². The Morgan fingerprint density at radius 2 is 1.95 bits per heavy atom. The van der Waals surface area contributed by atoms with Crippen LogP contribution in [0.25, 0.3) is 0 Å². The third-order valence-electron chi connectivity index (χ3n) is 4.10. The molecule has 1 saturated carbocycles. The number of benzene rings is 1. The number of nitrogens with one attached hydrogen (secondary N) is 1. The summed E-state index contributed by atoms with van der Waals surface area (Å²) in [5, 5.41) is 12.6. The molecular formula is C16H22FNO2. The molecule has 0 saturated heterocycles. The summed E-state index contributed by atoms with van der Waals surface area (Å²) in [6.07, 6.45) is 1.55. The maximum absolute atomic E-state index is 12.9. The van der Waals surface area contributed by atoms with Gasteiger partial charge < -0.3 is 10.4 Å². The van der Waals surface area contributed by atoms with Crippen molar-refractivity contribution >= 4 is 5.91 Å². The van der Waals surface area contributed by atoms with Crippen LogP contribution >= 0.6 is 0 Å². The van der Waals surface area contributed by atoms with Crippen LogP contribution < -0.4 is 5.32 Å². The van der Waals surface area contributed by atoms with Gasteiger partial charge in [0, 0.05) is 12.0 Å². The second-order valence-electron chi connectivity index (χ2n) is 6.08. The van der Waals surface area contributed by atoms with Crippen molar-refractivity contribution in [3.63, 3.8) is 0 Å². The Bertz CT molecular complexity index is 466. The smallest absolute Gasteiger partial charge is 0.222 e. The van der Waals surface area contributed by atoms with Crippen molar-refractivity contribution in [1.82, 2.24) is 5.32 Å². The predicted octanol–water partition coefficient (Wildman–Crippen LogP) is 2.38. The first-order valence-electron chi connectivity index (χ1n) is 7.14. The number of carbonyl (C=O) groups is 1. The lowest BCUT2D eigenvalue weighted by Gasteiger charge is -2.18. The molecular weight excluding hydrogens is 257 g/mol. The fourth-order valence-corrected chi connectivity index (χ4v) is 2.29. The topological polar surface area (TPSA) is 49.3 Å². The second-order valence-corrected chi connectivity index (χ2v) is 6.08. The van der Waals surface area contributed by atoms with Crippen molar-refractivity contribution in [2.24, 2.45) is 5.92 Å². The molecule has 1 aromatic carbocycles. The van der Waals surface area contributed by atoms with E-state index in [1.807, 2.05) is 13.8 Å². The number of aliphatic hydroxyl groups excluding tert-OH is 1. The molecule has 1 aliphatic rings. The first-order chi connectivity index (χ1) is 9.43.